The van der Waals surface area contributed by atoms with E-state index in [1.807, 2.05) is 0 Å². The van der Waals surface area contributed by atoms with Gasteiger partial charge in [-0.2, -0.15) is 4.98 Å². The summed E-state index contributed by atoms with van der Waals surface area (Å²) in [5.74, 6) is 1.86. The monoisotopic (exact) mass is 392 g/mol. The largest absolute Gasteiger partial charge is 0.491 e. The van der Waals surface area contributed by atoms with E-state index in [0.29, 0.717) is 40.5 Å². The van der Waals surface area contributed by atoms with E-state index in [9.17, 15) is 0 Å². The highest BCUT2D eigenvalue weighted by molar-refractivity contribution is 6.35. The third kappa shape index (κ3) is 4.74. The van der Waals surface area contributed by atoms with Gasteiger partial charge in [0.15, 0.2) is 5.82 Å². The molecule has 1 aromatic carbocycles. The number of rotatable bonds is 5. The number of likely N-dealkylation sites (N-methyl/N-ethyl adjacent to an activating group) is 1. The van der Waals surface area contributed by atoms with Gasteiger partial charge in [-0.05, 0) is 25.2 Å². The molecule has 0 aliphatic carbocycles. The van der Waals surface area contributed by atoms with E-state index in [2.05, 4.69) is 27.4 Å². The predicted octanol–water partition coefficient (Wildman–Crippen LogP) is 3.00. The fraction of sp³-hybridized carbons (Fsp3) is 0.467. The molecule has 0 amide bonds. The Morgan fingerprint density at radius 1 is 1.42 bits per heavy atom. The van der Waals surface area contributed by atoms with Crippen LogP contribution >= 0.6 is 35.6 Å². The topological polar surface area (TPSA) is 63.4 Å². The van der Waals surface area contributed by atoms with Crippen LogP contribution in [0.4, 0.5) is 0 Å². The highest BCUT2D eigenvalue weighted by Gasteiger charge is 2.25. The maximum absolute atomic E-state index is 6.06. The van der Waals surface area contributed by atoms with Gasteiger partial charge in [-0.15, -0.1) is 12.4 Å². The molecule has 0 saturated carbocycles. The second-order valence-corrected chi connectivity index (χ2v) is 6.26. The zero-order valence-corrected chi connectivity index (χ0v) is 15.5. The van der Waals surface area contributed by atoms with Crippen LogP contribution in [-0.4, -0.2) is 48.3 Å². The number of aromatic nitrogens is 2. The molecule has 3 rings (SSSR count). The Balaban J connectivity index is 0.00000208. The van der Waals surface area contributed by atoms with Crippen molar-refractivity contribution in [3.63, 3.8) is 0 Å². The maximum atomic E-state index is 6.06. The van der Waals surface area contributed by atoms with Crippen LogP contribution in [0.15, 0.2) is 22.7 Å². The number of benzene rings is 1. The Morgan fingerprint density at radius 3 is 3.00 bits per heavy atom. The first kappa shape index (κ1) is 19.3. The second kappa shape index (κ2) is 8.87. The lowest BCUT2D eigenvalue weighted by molar-refractivity contribution is 0.190. The van der Waals surface area contributed by atoms with Gasteiger partial charge in [-0.1, -0.05) is 28.4 Å². The van der Waals surface area contributed by atoms with Gasteiger partial charge in [-0.3, -0.25) is 4.90 Å². The van der Waals surface area contributed by atoms with Gasteiger partial charge in [0, 0.05) is 24.7 Å². The first-order chi connectivity index (χ1) is 11.1. The number of piperazine rings is 1. The number of hydrogen-bond donors (Lipinski definition) is 1. The maximum Gasteiger partial charge on any atom is 0.230 e. The van der Waals surface area contributed by atoms with Crippen molar-refractivity contribution in [3.8, 4) is 5.75 Å². The standard InChI is InChI=1S/C15H18Cl2N4O2.ClH/c1-21-6-5-18-9-12(21)15-19-14(23-20-15)4-7-22-13-3-2-10(16)8-11(13)17;/h2-3,8,12,18H,4-7,9H2,1H3;1H. The average Bonchev–Trinajstić information content (AvgIpc) is 2.98. The molecule has 1 saturated heterocycles. The van der Waals surface area contributed by atoms with E-state index < -0.39 is 0 Å². The van der Waals surface area contributed by atoms with Crippen molar-refractivity contribution in [1.82, 2.24) is 20.4 Å². The van der Waals surface area contributed by atoms with Crippen LogP contribution < -0.4 is 10.1 Å². The molecule has 1 N–H and O–H groups in total. The molecule has 0 bridgehead atoms. The summed E-state index contributed by atoms with van der Waals surface area (Å²) in [7, 11) is 2.06. The molecule has 2 heterocycles. The minimum atomic E-state index is 0. The van der Waals surface area contributed by atoms with Crippen LogP contribution in [0.2, 0.25) is 10.0 Å². The minimum Gasteiger partial charge on any atom is -0.491 e. The third-order valence-electron chi connectivity index (χ3n) is 3.76. The molecule has 0 radical (unpaired) electrons. The fourth-order valence-electron chi connectivity index (χ4n) is 2.44. The van der Waals surface area contributed by atoms with Crippen LogP contribution in [0, 0.1) is 0 Å². The third-order valence-corrected chi connectivity index (χ3v) is 4.29. The number of hydrogen-bond acceptors (Lipinski definition) is 6. The van der Waals surface area contributed by atoms with Crippen LogP contribution in [0.1, 0.15) is 17.8 Å². The Bertz CT molecular complexity index is 668. The number of nitrogens with one attached hydrogen (secondary N) is 1. The quantitative estimate of drug-likeness (QED) is 0.842. The Kier molecular flexibility index (Phi) is 7.13. The molecule has 1 unspecified atom stereocenters. The lowest BCUT2D eigenvalue weighted by Gasteiger charge is -2.30. The van der Waals surface area contributed by atoms with Crippen LogP contribution in [-0.2, 0) is 6.42 Å². The van der Waals surface area contributed by atoms with Crippen molar-refractivity contribution >= 4 is 35.6 Å². The molecule has 2 aromatic rings. The Labute approximate surface area is 156 Å². The normalized spacial score (nSPS) is 18.2. The molecular weight excluding hydrogens is 375 g/mol. The number of nitrogens with zero attached hydrogens (tertiary/aromatic N) is 3. The molecule has 1 aliphatic rings. The van der Waals surface area contributed by atoms with Gasteiger partial charge in [0.2, 0.25) is 5.89 Å². The van der Waals surface area contributed by atoms with Gasteiger partial charge in [0.05, 0.1) is 24.1 Å². The van der Waals surface area contributed by atoms with Gasteiger partial charge in [0.1, 0.15) is 5.75 Å². The molecule has 6 nitrogen and oxygen atoms in total. The Hall–Kier alpha value is -1.05. The molecule has 1 fully saturated rings. The van der Waals surface area contributed by atoms with E-state index in [0.717, 1.165) is 19.6 Å². The molecule has 9 heteroatoms. The number of halogens is 3. The predicted molar refractivity (Wildman–Crippen MR) is 95.4 cm³/mol. The van der Waals surface area contributed by atoms with Crippen molar-refractivity contribution in [2.45, 2.75) is 12.5 Å². The van der Waals surface area contributed by atoms with Gasteiger partial charge >= 0.3 is 0 Å². The van der Waals surface area contributed by atoms with Crippen molar-refractivity contribution in [3.05, 3.63) is 40.0 Å². The van der Waals surface area contributed by atoms with E-state index >= 15 is 0 Å². The number of ether oxygens (including phenoxy) is 1. The summed E-state index contributed by atoms with van der Waals surface area (Å²) in [5, 5.41) is 8.48. The lowest BCUT2D eigenvalue weighted by Crippen LogP contribution is -2.44. The van der Waals surface area contributed by atoms with E-state index in [1.165, 1.54) is 0 Å². The van der Waals surface area contributed by atoms with E-state index in [4.69, 9.17) is 32.5 Å². The summed E-state index contributed by atoms with van der Waals surface area (Å²) in [4.78, 5) is 6.68. The molecule has 132 valence electrons. The van der Waals surface area contributed by atoms with Crippen molar-refractivity contribution in [1.29, 1.82) is 0 Å². The molecule has 1 aromatic heterocycles. The summed E-state index contributed by atoms with van der Waals surface area (Å²) in [6, 6.07) is 5.27. The molecule has 1 aliphatic heterocycles. The van der Waals surface area contributed by atoms with Crippen molar-refractivity contribution in [2.75, 3.05) is 33.3 Å². The zero-order valence-electron chi connectivity index (χ0n) is 13.2. The smallest absolute Gasteiger partial charge is 0.230 e. The van der Waals surface area contributed by atoms with Gasteiger partial charge in [-0.25, -0.2) is 0 Å². The SMILES string of the molecule is CN1CCNCC1c1noc(CCOc2ccc(Cl)cc2Cl)n1.Cl. The Morgan fingerprint density at radius 2 is 2.25 bits per heavy atom. The van der Waals surface area contributed by atoms with Gasteiger partial charge in [0.25, 0.3) is 0 Å². The van der Waals surface area contributed by atoms with E-state index in [-0.39, 0.29) is 18.4 Å². The minimum absolute atomic E-state index is 0. The summed E-state index contributed by atoms with van der Waals surface area (Å²) in [6.45, 7) is 3.17. The van der Waals surface area contributed by atoms with Crippen LogP contribution in [0.5, 0.6) is 5.75 Å². The average molecular weight is 394 g/mol. The van der Waals surface area contributed by atoms with Crippen LogP contribution in [0.25, 0.3) is 0 Å². The first-order valence-electron chi connectivity index (χ1n) is 7.45. The summed E-state index contributed by atoms with van der Waals surface area (Å²) in [6.07, 6.45) is 0.524. The molecule has 0 spiro atoms. The van der Waals surface area contributed by atoms with Gasteiger partial charge < -0.3 is 14.6 Å². The zero-order chi connectivity index (χ0) is 16.2. The fourth-order valence-corrected chi connectivity index (χ4v) is 2.90. The summed E-state index contributed by atoms with van der Waals surface area (Å²) < 4.78 is 10.9. The van der Waals surface area contributed by atoms with Crippen molar-refractivity contribution < 1.29 is 9.26 Å². The molecular formula is C15H19Cl3N4O2. The van der Waals surface area contributed by atoms with Crippen LogP contribution in [0.3, 0.4) is 0 Å². The van der Waals surface area contributed by atoms with E-state index in [1.54, 1.807) is 18.2 Å². The summed E-state index contributed by atoms with van der Waals surface area (Å²) in [5.41, 5.74) is 0. The summed E-state index contributed by atoms with van der Waals surface area (Å²) >= 11 is 11.9. The van der Waals surface area contributed by atoms with Crippen molar-refractivity contribution in [2.24, 2.45) is 0 Å². The first-order valence-corrected chi connectivity index (χ1v) is 8.20. The highest BCUT2D eigenvalue weighted by Crippen LogP contribution is 2.27. The molecule has 24 heavy (non-hydrogen) atoms. The molecule has 1 atom stereocenters. The lowest BCUT2D eigenvalue weighted by atomic mass is 10.2. The second-order valence-electron chi connectivity index (χ2n) is 5.42. The highest BCUT2D eigenvalue weighted by atomic mass is 35.5.